The summed E-state index contributed by atoms with van der Waals surface area (Å²) in [5, 5.41) is 0. The van der Waals surface area contributed by atoms with E-state index in [4.69, 9.17) is 11.6 Å². The van der Waals surface area contributed by atoms with Gasteiger partial charge in [-0.05, 0) is 25.2 Å². The summed E-state index contributed by atoms with van der Waals surface area (Å²) < 4.78 is 1.83. The van der Waals surface area contributed by atoms with Crippen LogP contribution in [0.1, 0.15) is 25.3 Å². The number of halogens is 1. The highest BCUT2D eigenvalue weighted by Crippen LogP contribution is 2.33. The maximum Gasteiger partial charge on any atom is 0.293 e. The number of hydrogen-bond donors (Lipinski definition) is 0. The van der Waals surface area contributed by atoms with Crippen LogP contribution in [0.25, 0.3) is 0 Å². The van der Waals surface area contributed by atoms with Crippen molar-refractivity contribution in [2.45, 2.75) is 25.3 Å². The summed E-state index contributed by atoms with van der Waals surface area (Å²) in [5.74, 6) is 1.76. The topological polar surface area (TPSA) is 38.1 Å². The highest BCUT2D eigenvalue weighted by atomic mass is 35.5. The summed E-state index contributed by atoms with van der Waals surface area (Å²) >= 11 is 5.86. The molecule has 0 bridgehead atoms. The molecule has 5 heteroatoms. The van der Waals surface area contributed by atoms with Gasteiger partial charge in [-0.3, -0.25) is 4.79 Å². The van der Waals surface area contributed by atoms with Gasteiger partial charge >= 0.3 is 0 Å². The number of hydrogen-bond acceptors (Lipinski definition) is 3. The van der Waals surface area contributed by atoms with Crippen LogP contribution < -0.4 is 10.5 Å². The second-order valence-corrected chi connectivity index (χ2v) is 5.26. The number of nitrogens with zero attached hydrogens (tertiary/aromatic N) is 3. The van der Waals surface area contributed by atoms with Crippen LogP contribution in [0, 0.1) is 5.92 Å². The number of aromatic nitrogens is 2. The fraction of sp³-hybridized carbons (Fsp3) is 0.667. The Bertz CT molecular complexity index is 469. The standard InChI is InChI=1S/C12H16ClN3O/c13-7-9-3-5-15(8-9)11-12(17)16(6-4-14-11)10-1-2-10/h4,6,9-10H,1-3,5,7-8H2. The van der Waals surface area contributed by atoms with Crippen LogP contribution in [0.2, 0.25) is 0 Å². The van der Waals surface area contributed by atoms with Crippen molar-refractivity contribution in [1.29, 1.82) is 0 Å². The maximum absolute atomic E-state index is 12.3. The molecule has 0 aromatic carbocycles. The SMILES string of the molecule is O=c1c(N2CCC(CCl)C2)nccn1C1CC1. The lowest BCUT2D eigenvalue weighted by Gasteiger charge is -2.17. The van der Waals surface area contributed by atoms with Crippen molar-refractivity contribution in [3.63, 3.8) is 0 Å². The first-order chi connectivity index (χ1) is 8.29. The molecule has 17 heavy (non-hydrogen) atoms. The average molecular weight is 254 g/mol. The Hall–Kier alpha value is -1.03. The summed E-state index contributed by atoms with van der Waals surface area (Å²) in [5.41, 5.74) is 0.0604. The molecular formula is C12H16ClN3O. The van der Waals surface area contributed by atoms with Gasteiger partial charge in [-0.2, -0.15) is 0 Å². The molecule has 92 valence electrons. The zero-order valence-corrected chi connectivity index (χ0v) is 10.4. The van der Waals surface area contributed by atoms with Gasteiger partial charge in [0.15, 0.2) is 5.82 Å². The fourth-order valence-electron chi connectivity index (χ4n) is 2.42. The van der Waals surface area contributed by atoms with Crippen LogP contribution in [-0.4, -0.2) is 28.5 Å². The normalized spacial score (nSPS) is 24.3. The van der Waals surface area contributed by atoms with E-state index in [9.17, 15) is 4.79 Å². The Labute approximate surface area is 105 Å². The van der Waals surface area contributed by atoms with Crippen molar-refractivity contribution in [2.75, 3.05) is 23.9 Å². The van der Waals surface area contributed by atoms with E-state index < -0.39 is 0 Å². The lowest BCUT2D eigenvalue weighted by Crippen LogP contribution is -2.31. The summed E-state index contributed by atoms with van der Waals surface area (Å²) in [6, 6.07) is 0.413. The van der Waals surface area contributed by atoms with Gasteiger partial charge in [0.05, 0.1) is 0 Å². The molecule has 1 atom stereocenters. The van der Waals surface area contributed by atoms with Crippen LogP contribution in [0.3, 0.4) is 0 Å². The Balaban J connectivity index is 1.88. The zero-order valence-electron chi connectivity index (χ0n) is 9.68. The molecule has 1 aromatic rings. The molecule has 2 aliphatic rings. The largest absolute Gasteiger partial charge is 0.352 e. The molecule has 0 amide bonds. The minimum absolute atomic E-state index is 0.0604. The van der Waals surface area contributed by atoms with E-state index in [1.807, 2.05) is 4.57 Å². The Kier molecular flexibility index (Phi) is 2.82. The Morgan fingerprint density at radius 3 is 2.88 bits per heavy atom. The molecule has 1 aromatic heterocycles. The second-order valence-electron chi connectivity index (χ2n) is 4.95. The minimum Gasteiger partial charge on any atom is -0.352 e. The van der Waals surface area contributed by atoms with Crippen LogP contribution >= 0.6 is 11.6 Å². The van der Waals surface area contributed by atoms with Gasteiger partial charge in [-0.1, -0.05) is 0 Å². The van der Waals surface area contributed by atoms with Crippen molar-refractivity contribution in [2.24, 2.45) is 5.92 Å². The predicted molar refractivity (Wildman–Crippen MR) is 67.8 cm³/mol. The fourth-order valence-corrected chi connectivity index (χ4v) is 2.67. The van der Waals surface area contributed by atoms with Gasteiger partial charge in [0.1, 0.15) is 0 Å². The third kappa shape index (κ3) is 2.06. The Morgan fingerprint density at radius 2 is 2.24 bits per heavy atom. The van der Waals surface area contributed by atoms with E-state index in [2.05, 4.69) is 9.88 Å². The van der Waals surface area contributed by atoms with Gasteiger partial charge in [-0.25, -0.2) is 4.98 Å². The van der Waals surface area contributed by atoms with Gasteiger partial charge < -0.3 is 9.47 Å². The molecular weight excluding hydrogens is 238 g/mol. The minimum atomic E-state index is 0.0604. The van der Waals surface area contributed by atoms with Crippen LogP contribution in [0.4, 0.5) is 5.82 Å². The number of alkyl halides is 1. The van der Waals surface area contributed by atoms with Gasteiger partial charge in [0.25, 0.3) is 5.56 Å². The summed E-state index contributed by atoms with van der Waals surface area (Å²) in [7, 11) is 0. The third-order valence-corrected chi connectivity index (χ3v) is 4.03. The molecule has 1 saturated heterocycles. The van der Waals surface area contributed by atoms with Crippen molar-refractivity contribution < 1.29 is 0 Å². The Morgan fingerprint density at radius 1 is 1.41 bits per heavy atom. The first kappa shape index (κ1) is 11.1. The molecule has 0 N–H and O–H groups in total. The quantitative estimate of drug-likeness (QED) is 0.769. The van der Waals surface area contributed by atoms with Gasteiger partial charge in [0, 0.05) is 37.4 Å². The molecule has 0 radical (unpaired) electrons. The number of anilines is 1. The van der Waals surface area contributed by atoms with Crippen molar-refractivity contribution in [1.82, 2.24) is 9.55 Å². The maximum atomic E-state index is 12.3. The second kappa shape index (κ2) is 4.33. The molecule has 4 nitrogen and oxygen atoms in total. The van der Waals surface area contributed by atoms with Gasteiger partial charge in [-0.15, -0.1) is 11.6 Å². The smallest absolute Gasteiger partial charge is 0.293 e. The zero-order chi connectivity index (χ0) is 11.8. The van der Waals surface area contributed by atoms with Gasteiger partial charge in [0.2, 0.25) is 0 Å². The average Bonchev–Trinajstić information content (AvgIpc) is 3.07. The van der Waals surface area contributed by atoms with Crippen LogP contribution in [0.5, 0.6) is 0 Å². The van der Waals surface area contributed by atoms with Crippen molar-refractivity contribution >= 4 is 17.4 Å². The highest BCUT2D eigenvalue weighted by Gasteiger charge is 2.28. The van der Waals surface area contributed by atoms with E-state index in [1.165, 1.54) is 0 Å². The van der Waals surface area contributed by atoms with E-state index in [0.29, 0.717) is 23.7 Å². The predicted octanol–water partition coefficient (Wildman–Crippen LogP) is 1.64. The third-order valence-electron chi connectivity index (χ3n) is 3.59. The monoisotopic (exact) mass is 253 g/mol. The van der Waals surface area contributed by atoms with Crippen LogP contribution in [0.15, 0.2) is 17.2 Å². The van der Waals surface area contributed by atoms with Crippen LogP contribution in [-0.2, 0) is 0 Å². The van der Waals surface area contributed by atoms with E-state index in [-0.39, 0.29) is 5.56 Å². The summed E-state index contributed by atoms with van der Waals surface area (Å²) in [6.07, 6.45) is 6.84. The molecule has 3 rings (SSSR count). The van der Waals surface area contributed by atoms with E-state index in [0.717, 1.165) is 32.4 Å². The van der Waals surface area contributed by atoms with Crippen molar-refractivity contribution in [3.8, 4) is 0 Å². The molecule has 1 unspecified atom stereocenters. The van der Waals surface area contributed by atoms with E-state index >= 15 is 0 Å². The summed E-state index contributed by atoms with van der Waals surface area (Å²) in [6.45, 7) is 1.76. The lowest BCUT2D eigenvalue weighted by atomic mass is 10.2. The first-order valence-electron chi connectivity index (χ1n) is 6.17. The molecule has 2 heterocycles. The molecule has 0 spiro atoms. The van der Waals surface area contributed by atoms with Crippen molar-refractivity contribution in [3.05, 3.63) is 22.7 Å². The summed E-state index contributed by atoms with van der Waals surface area (Å²) in [4.78, 5) is 18.6. The number of rotatable bonds is 3. The highest BCUT2D eigenvalue weighted by molar-refractivity contribution is 6.18. The molecule has 1 aliphatic carbocycles. The van der Waals surface area contributed by atoms with E-state index in [1.54, 1.807) is 12.4 Å². The molecule has 2 fully saturated rings. The molecule has 1 aliphatic heterocycles. The molecule has 1 saturated carbocycles. The lowest BCUT2D eigenvalue weighted by molar-refractivity contribution is 0.662. The first-order valence-corrected chi connectivity index (χ1v) is 6.71.